The highest BCUT2D eigenvalue weighted by Crippen LogP contribution is 2.16. The molecule has 3 aromatic rings. The number of hydrogen-bond acceptors (Lipinski definition) is 3. The van der Waals surface area contributed by atoms with Gasteiger partial charge in [0.2, 0.25) is 5.91 Å². The van der Waals surface area contributed by atoms with Gasteiger partial charge in [-0.2, -0.15) is 5.10 Å². The Morgan fingerprint density at radius 1 is 1.40 bits per heavy atom. The molecule has 3 rings (SSSR count). The molecule has 0 saturated heterocycles. The van der Waals surface area contributed by atoms with Crippen molar-refractivity contribution in [1.82, 2.24) is 24.6 Å². The summed E-state index contributed by atoms with van der Waals surface area (Å²) in [6, 6.07) is 6.00. The summed E-state index contributed by atoms with van der Waals surface area (Å²) in [5.74, 6) is 0.507. The van der Waals surface area contributed by atoms with Crippen molar-refractivity contribution in [2.24, 2.45) is 0 Å². The number of benzene rings is 1. The molecule has 0 aliphatic carbocycles. The molecule has 1 N–H and O–H groups in total. The lowest BCUT2D eigenvalue weighted by atomic mass is 10.2. The maximum absolute atomic E-state index is 13.3. The van der Waals surface area contributed by atoms with Crippen LogP contribution in [-0.2, 0) is 11.2 Å². The number of imidazole rings is 1. The first-order valence-corrected chi connectivity index (χ1v) is 8.54. The Bertz CT molecular complexity index is 842. The molecule has 0 spiro atoms. The number of carbonyl (C=O) groups excluding carboxylic acids is 1. The first-order valence-electron chi connectivity index (χ1n) is 8.54. The smallest absolute Gasteiger partial charge is 0.247 e. The van der Waals surface area contributed by atoms with Gasteiger partial charge in [0, 0.05) is 31.9 Å². The third-order valence-electron chi connectivity index (χ3n) is 4.32. The Morgan fingerprint density at radius 2 is 2.24 bits per heavy atom. The lowest BCUT2D eigenvalue weighted by Gasteiger charge is -2.25. The molecule has 25 heavy (non-hydrogen) atoms. The third-order valence-corrected chi connectivity index (χ3v) is 4.32. The minimum absolute atomic E-state index is 0.0517. The van der Waals surface area contributed by atoms with Gasteiger partial charge in [0.1, 0.15) is 17.7 Å². The van der Waals surface area contributed by atoms with Gasteiger partial charge in [-0.3, -0.25) is 9.48 Å². The number of H-pyrrole nitrogens is 1. The van der Waals surface area contributed by atoms with Gasteiger partial charge in [0.05, 0.1) is 11.0 Å². The number of amides is 1. The maximum Gasteiger partial charge on any atom is 0.247 e. The van der Waals surface area contributed by atoms with Crippen LogP contribution < -0.4 is 0 Å². The Hall–Kier alpha value is -2.70. The third kappa shape index (κ3) is 3.70. The topological polar surface area (TPSA) is 66.8 Å². The highest BCUT2D eigenvalue weighted by Gasteiger charge is 2.23. The van der Waals surface area contributed by atoms with Gasteiger partial charge in [-0.05, 0) is 37.6 Å². The van der Waals surface area contributed by atoms with Crippen LogP contribution in [0.25, 0.3) is 11.0 Å². The molecular formula is C18H22FN5O. The van der Waals surface area contributed by atoms with E-state index in [0.29, 0.717) is 31.4 Å². The standard InChI is InChI=1S/C18H22FN5O/c1-3-16(24-10-5-9-20-24)18(25)23(4-2)11-8-17-21-14-7-6-13(19)12-15(14)22-17/h5-7,9-10,12,16H,3-4,8,11H2,1-2H3,(H,21,22)/t16-/m0/s1. The fourth-order valence-electron chi connectivity index (χ4n) is 2.97. The van der Waals surface area contributed by atoms with Crippen LogP contribution in [0.15, 0.2) is 36.7 Å². The zero-order valence-corrected chi connectivity index (χ0v) is 14.4. The fraction of sp³-hybridized carbons (Fsp3) is 0.389. The highest BCUT2D eigenvalue weighted by atomic mass is 19.1. The lowest BCUT2D eigenvalue weighted by Crippen LogP contribution is -2.38. The van der Waals surface area contributed by atoms with Crippen molar-refractivity contribution in [2.45, 2.75) is 32.7 Å². The number of fused-ring (bicyclic) bond motifs is 1. The molecule has 0 aliphatic rings. The molecule has 6 nitrogen and oxygen atoms in total. The van der Waals surface area contributed by atoms with Crippen LogP contribution >= 0.6 is 0 Å². The quantitative estimate of drug-likeness (QED) is 0.717. The van der Waals surface area contributed by atoms with E-state index < -0.39 is 0 Å². The lowest BCUT2D eigenvalue weighted by molar-refractivity contribution is -0.135. The Balaban J connectivity index is 1.69. The van der Waals surface area contributed by atoms with Gasteiger partial charge in [0.25, 0.3) is 0 Å². The molecule has 0 unspecified atom stereocenters. The Labute approximate surface area is 145 Å². The number of aromatic amines is 1. The van der Waals surface area contributed by atoms with Crippen LogP contribution in [0.3, 0.4) is 0 Å². The summed E-state index contributed by atoms with van der Waals surface area (Å²) < 4.78 is 15.0. The summed E-state index contributed by atoms with van der Waals surface area (Å²) in [4.78, 5) is 22.2. The number of rotatable bonds is 7. The van der Waals surface area contributed by atoms with Crippen LogP contribution in [0.5, 0.6) is 0 Å². The summed E-state index contributed by atoms with van der Waals surface area (Å²) in [5, 5.41) is 4.20. The second kappa shape index (κ2) is 7.46. The zero-order valence-electron chi connectivity index (χ0n) is 14.4. The van der Waals surface area contributed by atoms with E-state index in [4.69, 9.17) is 0 Å². The molecule has 2 aromatic heterocycles. The van der Waals surface area contributed by atoms with Crippen molar-refractivity contribution in [3.8, 4) is 0 Å². The molecule has 1 aromatic carbocycles. The normalized spacial score (nSPS) is 12.4. The molecule has 2 heterocycles. The molecule has 1 amide bonds. The number of hydrogen-bond donors (Lipinski definition) is 1. The minimum Gasteiger partial charge on any atom is -0.342 e. The minimum atomic E-state index is -0.293. The Kier molecular flexibility index (Phi) is 5.11. The Morgan fingerprint density at radius 3 is 2.92 bits per heavy atom. The van der Waals surface area contributed by atoms with Crippen LogP contribution in [0.1, 0.15) is 32.1 Å². The molecule has 0 aliphatic heterocycles. The van der Waals surface area contributed by atoms with E-state index in [-0.39, 0.29) is 17.8 Å². The number of nitrogens with one attached hydrogen (secondary N) is 1. The van der Waals surface area contributed by atoms with E-state index in [1.165, 1.54) is 12.1 Å². The summed E-state index contributed by atoms with van der Waals surface area (Å²) in [7, 11) is 0. The van der Waals surface area contributed by atoms with Gasteiger partial charge in [-0.15, -0.1) is 0 Å². The number of nitrogens with zero attached hydrogens (tertiary/aromatic N) is 4. The van der Waals surface area contributed by atoms with Crippen LogP contribution in [-0.4, -0.2) is 43.6 Å². The molecule has 7 heteroatoms. The van der Waals surface area contributed by atoms with Gasteiger partial charge in [-0.1, -0.05) is 6.92 Å². The van der Waals surface area contributed by atoms with Gasteiger partial charge >= 0.3 is 0 Å². The van der Waals surface area contributed by atoms with Gasteiger partial charge in [-0.25, -0.2) is 9.37 Å². The number of aromatic nitrogens is 4. The summed E-state index contributed by atoms with van der Waals surface area (Å²) in [6.45, 7) is 5.11. The largest absolute Gasteiger partial charge is 0.342 e. The van der Waals surface area contributed by atoms with E-state index in [2.05, 4.69) is 15.1 Å². The predicted molar refractivity (Wildman–Crippen MR) is 93.6 cm³/mol. The van der Waals surface area contributed by atoms with Crippen LogP contribution in [0, 0.1) is 5.82 Å². The second-order valence-corrected chi connectivity index (χ2v) is 5.92. The molecule has 1 atom stereocenters. The van der Waals surface area contributed by atoms with Crippen molar-refractivity contribution in [3.63, 3.8) is 0 Å². The number of carbonyl (C=O) groups is 1. The van der Waals surface area contributed by atoms with E-state index in [1.54, 1.807) is 16.9 Å². The van der Waals surface area contributed by atoms with E-state index >= 15 is 0 Å². The second-order valence-electron chi connectivity index (χ2n) is 5.92. The SMILES string of the molecule is CC[C@@H](C(=O)N(CC)CCc1nc2ccc(F)cc2[nH]1)n1cccn1. The molecule has 0 radical (unpaired) electrons. The molecule has 0 fully saturated rings. The fourth-order valence-corrected chi connectivity index (χ4v) is 2.97. The summed E-state index contributed by atoms with van der Waals surface area (Å²) in [6.07, 6.45) is 4.76. The number of likely N-dealkylation sites (N-methyl/N-ethyl adjacent to an activating group) is 1. The summed E-state index contributed by atoms with van der Waals surface area (Å²) in [5.41, 5.74) is 1.40. The first-order chi connectivity index (χ1) is 12.1. The monoisotopic (exact) mass is 343 g/mol. The van der Waals surface area contributed by atoms with Gasteiger partial charge < -0.3 is 9.88 Å². The highest BCUT2D eigenvalue weighted by molar-refractivity contribution is 5.80. The summed E-state index contributed by atoms with van der Waals surface area (Å²) >= 11 is 0. The van der Waals surface area contributed by atoms with Crippen molar-refractivity contribution in [1.29, 1.82) is 0 Å². The van der Waals surface area contributed by atoms with Crippen molar-refractivity contribution < 1.29 is 9.18 Å². The predicted octanol–water partition coefficient (Wildman–Crippen LogP) is 2.94. The number of halogens is 1. The van der Waals surface area contributed by atoms with Crippen molar-refractivity contribution in [3.05, 3.63) is 48.3 Å². The van der Waals surface area contributed by atoms with Crippen LogP contribution in [0.4, 0.5) is 4.39 Å². The van der Waals surface area contributed by atoms with E-state index in [9.17, 15) is 9.18 Å². The van der Waals surface area contributed by atoms with Crippen molar-refractivity contribution >= 4 is 16.9 Å². The molecule has 0 saturated carbocycles. The van der Waals surface area contributed by atoms with E-state index in [0.717, 1.165) is 11.3 Å². The van der Waals surface area contributed by atoms with Gasteiger partial charge in [0.15, 0.2) is 0 Å². The maximum atomic E-state index is 13.3. The van der Waals surface area contributed by atoms with Crippen LogP contribution in [0.2, 0.25) is 0 Å². The van der Waals surface area contributed by atoms with Crippen molar-refractivity contribution in [2.75, 3.05) is 13.1 Å². The molecular weight excluding hydrogens is 321 g/mol. The molecule has 0 bridgehead atoms. The first kappa shape index (κ1) is 17.1. The molecule has 132 valence electrons. The van der Waals surface area contributed by atoms with E-state index in [1.807, 2.05) is 31.0 Å². The average Bonchev–Trinajstić information content (AvgIpc) is 3.25. The zero-order chi connectivity index (χ0) is 17.8. The average molecular weight is 343 g/mol.